The molecule has 16 heavy (non-hydrogen) atoms. The third-order valence-electron chi connectivity index (χ3n) is 2.01. The van der Waals surface area contributed by atoms with Crippen molar-refractivity contribution in [3.05, 3.63) is 55.1 Å². The zero-order valence-corrected chi connectivity index (χ0v) is 11.1. The predicted octanol–water partition coefficient (Wildman–Crippen LogP) is 3.31. The van der Waals surface area contributed by atoms with Crippen LogP contribution in [-0.4, -0.2) is 9.55 Å². The zero-order valence-electron chi connectivity index (χ0n) is 7.91. The summed E-state index contributed by atoms with van der Waals surface area (Å²) in [6.07, 6.45) is 1.61. The van der Waals surface area contributed by atoms with Gasteiger partial charge >= 0.3 is 0 Å². The van der Waals surface area contributed by atoms with Crippen molar-refractivity contribution in [2.45, 2.75) is 0 Å². The minimum Gasteiger partial charge on any atom is -0.299 e. The van der Waals surface area contributed by atoms with Crippen LogP contribution in [0, 0.1) is 4.77 Å². The molecule has 0 bridgehead atoms. The fourth-order valence-electron chi connectivity index (χ4n) is 1.29. The van der Waals surface area contributed by atoms with Crippen molar-refractivity contribution in [1.82, 2.24) is 9.55 Å². The molecule has 1 aromatic carbocycles. The molecule has 0 aliphatic carbocycles. The molecule has 0 atom stereocenters. The molecule has 0 aliphatic heterocycles. The first kappa shape index (κ1) is 11.6. The van der Waals surface area contributed by atoms with Crippen molar-refractivity contribution in [2.75, 3.05) is 0 Å². The molecule has 1 heterocycles. The van der Waals surface area contributed by atoms with Gasteiger partial charge in [0, 0.05) is 12.3 Å². The first-order chi connectivity index (χ1) is 7.59. The number of rotatable bonds is 1. The molecule has 0 unspecified atom stereocenters. The highest BCUT2D eigenvalue weighted by atomic mass is 79.9. The van der Waals surface area contributed by atoms with Gasteiger partial charge in [-0.25, -0.2) is 0 Å². The molecule has 2 aromatic rings. The summed E-state index contributed by atoms with van der Waals surface area (Å²) in [6.45, 7) is 0. The molecule has 3 nitrogen and oxygen atoms in total. The molecule has 1 N–H and O–H groups in total. The Morgan fingerprint density at radius 1 is 1.38 bits per heavy atom. The van der Waals surface area contributed by atoms with E-state index < -0.39 is 0 Å². The number of aromatic amines is 1. The second-order valence-corrected chi connectivity index (χ2v) is 4.64. The van der Waals surface area contributed by atoms with Crippen LogP contribution in [0.4, 0.5) is 0 Å². The maximum Gasteiger partial charge on any atom is 0.251 e. The minimum absolute atomic E-state index is 0.223. The summed E-state index contributed by atoms with van der Waals surface area (Å²) in [7, 11) is 0. The number of nitrogens with one attached hydrogen (secondary N) is 1. The van der Waals surface area contributed by atoms with E-state index in [0.29, 0.717) is 9.79 Å². The lowest BCUT2D eigenvalue weighted by Gasteiger charge is -2.09. The maximum absolute atomic E-state index is 11.1. The Morgan fingerprint density at radius 3 is 2.81 bits per heavy atom. The summed E-state index contributed by atoms with van der Waals surface area (Å²) in [5.74, 6) is 0. The monoisotopic (exact) mass is 316 g/mol. The Kier molecular flexibility index (Phi) is 3.28. The van der Waals surface area contributed by atoms with Gasteiger partial charge in [0.1, 0.15) is 0 Å². The number of nitrogens with zero attached hydrogens (tertiary/aromatic N) is 1. The van der Waals surface area contributed by atoms with Crippen molar-refractivity contribution in [1.29, 1.82) is 0 Å². The summed E-state index contributed by atoms with van der Waals surface area (Å²) in [4.78, 5) is 13.6. The molecule has 0 saturated carbocycles. The van der Waals surface area contributed by atoms with Crippen molar-refractivity contribution >= 4 is 39.7 Å². The Hall–Kier alpha value is -0.910. The lowest BCUT2D eigenvalue weighted by Crippen LogP contribution is -2.10. The molecule has 0 fully saturated rings. The number of hydrogen-bond donors (Lipinski definition) is 1. The Morgan fingerprint density at radius 2 is 2.12 bits per heavy atom. The summed E-state index contributed by atoms with van der Waals surface area (Å²) in [5.41, 5.74) is 0.563. The van der Waals surface area contributed by atoms with Crippen molar-refractivity contribution < 1.29 is 0 Å². The smallest absolute Gasteiger partial charge is 0.251 e. The average molecular weight is 318 g/mol. The van der Waals surface area contributed by atoms with Crippen LogP contribution in [0.1, 0.15) is 0 Å². The molecule has 0 radical (unpaired) electrons. The molecule has 0 saturated heterocycles. The van der Waals surface area contributed by atoms with Gasteiger partial charge in [0.25, 0.3) is 5.56 Å². The maximum atomic E-state index is 11.1. The van der Waals surface area contributed by atoms with Crippen LogP contribution in [0.3, 0.4) is 0 Å². The molecule has 82 valence electrons. The van der Waals surface area contributed by atoms with E-state index >= 15 is 0 Å². The second kappa shape index (κ2) is 4.53. The molecule has 0 amide bonds. The van der Waals surface area contributed by atoms with Gasteiger partial charge < -0.3 is 0 Å². The van der Waals surface area contributed by atoms with Crippen LogP contribution in [-0.2, 0) is 0 Å². The number of aromatic nitrogens is 2. The zero-order chi connectivity index (χ0) is 11.7. The lowest BCUT2D eigenvalue weighted by atomic mass is 10.3. The number of benzene rings is 1. The third-order valence-corrected chi connectivity index (χ3v) is 3.69. The van der Waals surface area contributed by atoms with Crippen LogP contribution in [0.25, 0.3) is 5.69 Å². The van der Waals surface area contributed by atoms with E-state index in [2.05, 4.69) is 20.9 Å². The predicted molar refractivity (Wildman–Crippen MR) is 69.9 cm³/mol. The Labute approximate surface area is 110 Å². The SMILES string of the molecule is O=c1ccn(-c2cccc(Cl)c2Br)c(=S)[nH]1. The standard InChI is InChI=1S/C10H6BrClN2OS/c11-9-6(12)2-1-3-7(9)14-5-4-8(15)13-10(14)16/h1-5H,(H,13,15,16). The number of halogens is 2. The molecule has 1 aromatic heterocycles. The molecule has 2 rings (SSSR count). The van der Waals surface area contributed by atoms with E-state index in [1.54, 1.807) is 16.8 Å². The van der Waals surface area contributed by atoms with Gasteiger partial charge in [-0.2, -0.15) is 0 Å². The van der Waals surface area contributed by atoms with Crippen molar-refractivity contribution in [2.24, 2.45) is 0 Å². The van der Waals surface area contributed by atoms with Crippen LogP contribution < -0.4 is 5.56 Å². The third kappa shape index (κ3) is 2.11. The highest BCUT2D eigenvalue weighted by Gasteiger charge is 2.05. The van der Waals surface area contributed by atoms with Crippen molar-refractivity contribution in [3.8, 4) is 5.69 Å². The summed E-state index contributed by atoms with van der Waals surface area (Å²) >= 11 is 14.4. The van der Waals surface area contributed by atoms with E-state index in [1.165, 1.54) is 6.07 Å². The van der Waals surface area contributed by atoms with Crippen LogP contribution in [0.2, 0.25) is 5.02 Å². The normalized spacial score (nSPS) is 10.4. The second-order valence-electron chi connectivity index (χ2n) is 3.05. The molecule has 6 heteroatoms. The van der Waals surface area contributed by atoms with Gasteiger partial charge in [-0.15, -0.1) is 0 Å². The molecular weight excluding hydrogens is 312 g/mol. The largest absolute Gasteiger partial charge is 0.299 e. The lowest BCUT2D eigenvalue weighted by molar-refractivity contribution is 0.933. The highest BCUT2D eigenvalue weighted by Crippen LogP contribution is 2.28. The fraction of sp³-hybridized carbons (Fsp3) is 0. The van der Waals surface area contributed by atoms with Crippen LogP contribution >= 0.6 is 39.7 Å². The molecule has 0 aliphatic rings. The number of H-pyrrole nitrogens is 1. The van der Waals surface area contributed by atoms with Crippen molar-refractivity contribution in [3.63, 3.8) is 0 Å². The molecular formula is C10H6BrClN2OS. The van der Waals surface area contributed by atoms with Gasteiger partial charge in [-0.1, -0.05) is 17.7 Å². The van der Waals surface area contributed by atoms with E-state index in [9.17, 15) is 4.79 Å². The highest BCUT2D eigenvalue weighted by molar-refractivity contribution is 9.10. The minimum atomic E-state index is -0.223. The Bertz CT molecular complexity index is 650. The topological polar surface area (TPSA) is 37.8 Å². The first-order valence-electron chi connectivity index (χ1n) is 4.36. The van der Waals surface area contributed by atoms with E-state index in [0.717, 1.165) is 10.2 Å². The van der Waals surface area contributed by atoms with Crippen LogP contribution in [0.15, 0.2) is 39.7 Å². The van der Waals surface area contributed by atoms with E-state index in [1.807, 2.05) is 12.1 Å². The van der Waals surface area contributed by atoms with Gasteiger partial charge in [0.05, 0.1) is 15.2 Å². The number of hydrogen-bond acceptors (Lipinski definition) is 2. The Balaban J connectivity index is 2.73. The first-order valence-corrected chi connectivity index (χ1v) is 5.94. The van der Waals surface area contributed by atoms with Gasteiger partial charge in [0.15, 0.2) is 4.77 Å². The quantitative estimate of drug-likeness (QED) is 0.819. The average Bonchev–Trinajstić information content (AvgIpc) is 2.23. The fourth-order valence-corrected chi connectivity index (χ4v) is 2.17. The van der Waals surface area contributed by atoms with Gasteiger partial charge in [-0.05, 0) is 40.3 Å². The summed E-state index contributed by atoms with van der Waals surface area (Å²) in [6, 6.07) is 6.84. The van der Waals surface area contributed by atoms with Crippen LogP contribution in [0.5, 0.6) is 0 Å². The van der Waals surface area contributed by atoms with E-state index in [4.69, 9.17) is 23.8 Å². The summed E-state index contributed by atoms with van der Waals surface area (Å²) < 4.78 is 2.74. The van der Waals surface area contributed by atoms with E-state index in [-0.39, 0.29) is 5.56 Å². The van der Waals surface area contributed by atoms with Gasteiger partial charge in [0.2, 0.25) is 0 Å². The van der Waals surface area contributed by atoms with Gasteiger partial charge in [-0.3, -0.25) is 14.3 Å². The summed E-state index contributed by atoms with van der Waals surface area (Å²) in [5, 5.41) is 0.589. The molecule has 0 spiro atoms.